The van der Waals surface area contributed by atoms with Crippen LogP contribution in [0.3, 0.4) is 0 Å². The summed E-state index contributed by atoms with van der Waals surface area (Å²) in [7, 11) is 1.25. The molecule has 1 rings (SSSR count). The zero-order valence-electron chi connectivity index (χ0n) is 7.80. The van der Waals surface area contributed by atoms with E-state index in [-0.39, 0.29) is 22.9 Å². The van der Waals surface area contributed by atoms with Gasteiger partial charge < -0.3 is 4.74 Å². The van der Waals surface area contributed by atoms with Gasteiger partial charge in [-0.05, 0) is 0 Å². The maximum Gasteiger partial charge on any atom is 0.268 e. The highest BCUT2D eigenvalue weighted by molar-refractivity contribution is 6.32. The number of hydrogen-bond donors (Lipinski definition) is 0. The summed E-state index contributed by atoms with van der Waals surface area (Å²) in [4.78, 5) is 3.77. The Morgan fingerprint density at radius 3 is 2.80 bits per heavy atom. The van der Waals surface area contributed by atoms with Crippen LogP contribution in [0.15, 0.2) is 6.20 Å². The molecule has 1 aromatic rings. The Morgan fingerprint density at radius 1 is 1.67 bits per heavy atom. The van der Waals surface area contributed by atoms with Gasteiger partial charge in [0.1, 0.15) is 5.75 Å². The number of pyridine rings is 1. The lowest BCUT2D eigenvalue weighted by Gasteiger charge is -2.10. The van der Waals surface area contributed by atoms with Gasteiger partial charge in [0.15, 0.2) is 0 Å². The molecule has 0 N–H and O–H groups in total. The number of nitrogens with zero attached hydrogens (tertiary/aromatic N) is 2. The molecule has 0 saturated carbocycles. The Bertz CT molecular complexity index is 404. The number of ether oxygens (including phenoxy) is 1. The molecule has 0 unspecified atom stereocenters. The van der Waals surface area contributed by atoms with Crippen molar-refractivity contribution in [1.82, 2.24) is 4.98 Å². The number of halogens is 3. The van der Waals surface area contributed by atoms with E-state index in [0.29, 0.717) is 0 Å². The number of aromatic nitrogens is 1. The summed E-state index contributed by atoms with van der Waals surface area (Å²) in [6.07, 6.45) is -1.73. The number of methoxy groups -OCH3 is 1. The van der Waals surface area contributed by atoms with Gasteiger partial charge in [-0.2, -0.15) is 5.26 Å². The quantitative estimate of drug-likeness (QED) is 0.805. The van der Waals surface area contributed by atoms with Crippen LogP contribution in [0.25, 0.3) is 0 Å². The molecule has 0 amide bonds. The van der Waals surface area contributed by atoms with Gasteiger partial charge in [0.2, 0.25) is 0 Å². The van der Waals surface area contributed by atoms with E-state index in [0.717, 1.165) is 6.20 Å². The van der Waals surface area contributed by atoms with Crippen LogP contribution in [-0.2, 0) is 6.42 Å². The fourth-order valence-corrected chi connectivity index (χ4v) is 1.38. The maximum atomic E-state index is 12.6. The maximum absolute atomic E-state index is 12.6. The minimum Gasteiger partial charge on any atom is -0.495 e. The van der Waals surface area contributed by atoms with E-state index in [9.17, 15) is 8.78 Å². The van der Waals surface area contributed by atoms with Crippen molar-refractivity contribution in [3.8, 4) is 11.8 Å². The van der Waals surface area contributed by atoms with Crippen molar-refractivity contribution in [1.29, 1.82) is 5.26 Å². The molecule has 1 aromatic heterocycles. The van der Waals surface area contributed by atoms with Crippen LogP contribution < -0.4 is 4.74 Å². The Morgan fingerprint density at radius 2 is 2.33 bits per heavy atom. The van der Waals surface area contributed by atoms with Gasteiger partial charge in [-0.25, -0.2) is 8.78 Å². The predicted octanol–water partition coefficient (Wildman–Crippen LogP) is 2.75. The second-order valence-electron chi connectivity index (χ2n) is 2.64. The lowest BCUT2D eigenvalue weighted by molar-refractivity contribution is 0.147. The number of nitriles is 1. The van der Waals surface area contributed by atoms with E-state index in [1.165, 1.54) is 7.11 Å². The molecule has 0 aliphatic rings. The summed E-state index contributed by atoms with van der Waals surface area (Å²) in [5.41, 5.74) is -0.283. The topological polar surface area (TPSA) is 45.9 Å². The van der Waals surface area contributed by atoms with E-state index in [1.54, 1.807) is 6.07 Å². The van der Waals surface area contributed by atoms with E-state index in [2.05, 4.69) is 4.98 Å². The molecule has 15 heavy (non-hydrogen) atoms. The Balaban J connectivity index is 3.30. The highest BCUT2D eigenvalue weighted by atomic mass is 35.5. The van der Waals surface area contributed by atoms with Crippen molar-refractivity contribution >= 4 is 11.6 Å². The van der Waals surface area contributed by atoms with E-state index >= 15 is 0 Å². The summed E-state index contributed by atoms with van der Waals surface area (Å²) in [5.74, 6) is -0.0725. The number of hydrogen-bond acceptors (Lipinski definition) is 3. The minimum atomic E-state index is -2.76. The van der Waals surface area contributed by atoms with Crippen LogP contribution in [0.1, 0.15) is 17.7 Å². The van der Waals surface area contributed by atoms with Gasteiger partial charge in [-0.1, -0.05) is 11.6 Å². The minimum absolute atomic E-state index is 0.0725. The first-order chi connectivity index (χ1) is 7.11. The molecular weight excluding hydrogens is 226 g/mol. The van der Waals surface area contributed by atoms with Crippen LogP contribution in [0, 0.1) is 11.3 Å². The van der Waals surface area contributed by atoms with Crippen molar-refractivity contribution in [2.45, 2.75) is 12.8 Å². The first-order valence-corrected chi connectivity index (χ1v) is 4.36. The normalized spacial score (nSPS) is 10.1. The van der Waals surface area contributed by atoms with E-state index in [4.69, 9.17) is 21.6 Å². The van der Waals surface area contributed by atoms with Crippen LogP contribution in [0.4, 0.5) is 8.78 Å². The smallest absolute Gasteiger partial charge is 0.268 e. The van der Waals surface area contributed by atoms with Gasteiger partial charge in [0, 0.05) is 0 Å². The number of alkyl halides is 2. The summed E-state index contributed by atoms with van der Waals surface area (Å²) >= 11 is 5.69. The van der Waals surface area contributed by atoms with Crippen molar-refractivity contribution in [3.63, 3.8) is 0 Å². The standard InChI is InChI=1S/C9H7ClF2N2O/c1-15-6-4-14-5(2-3-13)8(10)7(6)9(11)12/h4,9H,2H2,1H3. The molecule has 0 aromatic carbocycles. The van der Waals surface area contributed by atoms with Crippen LogP contribution in [0.5, 0.6) is 5.75 Å². The zero-order chi connectivity index (χ0) is 11.4. The van der Waals surface area contributed by atoms with Crippen molar-refractivity contribution in [2.24, 2.45) is 0 Å². The van der Waals surface area contributed by atoms with Gasteiger partial charge in [-0.15, -0.1) is 0 Å². The first kappa shape index (κ1) is 11.7. The van der Waals surface area contributed by atoms with Crippen LogP contribution >= 0.6 is 11.6 Å². The van der Waals surface area contributed by atoms with Gasteiger partial charge >= 0.3 is 0 Å². The average molecular weight is 233 g/mol. The molecule has 0 saturated heterocycles. The fraction of sp³-hybridized carbons (Fsp3) is 0.333. The lowest BCUT2D eigenvalue weighted by Crippen LogP contribution is -1.99. The molecule has 0 aliphatic heterocycles. The Hall–Kier alpha value is -1.41. The Labute approximate surface area is 90.3 Å². The highest BCUT2D eigenvalue weighted by Crippen LogP contribution is 2.36. The summed E-state index contributed by atoms with van der Waals surface area (Å²) < 4.78 is 30.0. The van der Waals surface area contributed by atoms with Crippen molar-refractivity contribution < 1.29 is 13.5 Å². The molecule has 0 radical (unpaired) electrons. The summed E-state index contributed by atoms with van der Waals surface area (Å²) in [6, 6.07) is 1.80. The SMILES string of the molecule is COc1cnc(CC#N)c(Cl)c1C(F)F. The van der Waals surface area contributed by atoms with Crippen LogP contribution in [0.2, 0.25) is 5.02 Å². The largest absolute Gasteiger partial charge is 0.495 e. The first-order valence-electron chi connectivity index (χ1n) is 3.98. The van der Waals surface area contributed by atoms with Gasteiger partial charge in [-0.3, -0.25) is 4.98 Å². The van der Waals surface area contributed by atoms with Gasteiger partial charge in [0.25, 0.3) is 6.43 Å². The fourth-order valence-electron chi connectivity index (χ4n) is 1.09. The van der Waals surface area contributed by atoms with Gasteiger partial charge in [0.05, 0.1) is 42.1 Å². The molecule has 6 heteroatoms. The molecule has 80 valence electrons. The highest BCUT2D eigenvalue weighted by Gasteiger charge is 2.21. The molecule has 0 atom stereocenters. The third kappa shape index (κ3) is 2.34. The summed E-state index contributed by atoms with van der Waals surface area (Å²) in [6.45, 7) is 0. The monoisotopic (exact) mass is 232 g/mol. The summed E-state index contributed by atoms with van der Waals surface area (Å²) in [5, 5.41) is 8.23. The molecular formula is C9H7ClF2N2O. The lowest BCUT2D eigenvalue weighted by atomic mass is 10.2. The Kier molecular flexibility index (Phi) is 3.81. The second kappa shape index (κ2) is 4.89. The third-order valence-corrected chi connectivity index (χ3v) is 2.20. The molecule has 0 bridgehead atoms. The molecule has 1 heterocycles. The average Bonchev–Trinajstić information content (AvgIpc) is 2.20. The zero-order valence-corrected chi connectivity index (χ0v) is 8.55. The van der Waals surface area contributed by atoms with Crippen molar-refractivity contribution in [2.75, 3.05) is 7.11 Å². The van der Waals surface area contributed by atoms with Crippen LogP contribution in [-0.4, -0.2) is 12.1 Å². The molecule has 0 aliphatic carbocycles. The van der Waals surface area contributed by atoms with E-state index < -0.39 is 12.0 Å². The number of rotatable bonds is 3. The van der Waals surface area contributed by atoms with Crippen molar-refractivity contribution in [3.05, 3.63) is 22.5 Å². The van der Waals surface area contributed by atoms with E-state index in [1.807, 2.05) is 0 Å². The second-order valence-corrected chi connectivity index (χ2v) is 3.01. The molecule has 0 fully saturated rings. The third-order valence-electron chi connectivity index (χ3n) is 1.78. The molecule has 3 nitrogen and oxygen atoms in total. The predicted molar refractivity (Wildman–Crippen MR) is 50.1 cm³/mol. The molecule has 0 spiro atoms.